The number of carbonyl (C=O) groups is 1. The topological polar surface area (TPSA) is 79.0 Å². The van der Waals surface area contributed by atoms with E-state index < -0.39 is 0 Å². The van der Waals surface area contributed by atoms with Crippen LogP contribution in [-0.4, -0.2) is 54.2 Å². The Labute approximate surface area is 206 Å². The average molecular weight is 473 g/mol. The third-order valence-electron chi connectivity index (χ3n) is 7.11. The van der Waals surface area contributed by atoms with Gasteiger partial charge < -0.3 is 19.2 Å². The van der Waals surface area contributed by atoms with Gasteiger partial charge in [-0.05, 0) is 75.1 Å². The van der Waals surface area contributed by atoms with E-state index in [4.69, 9.17) is 9.47 Å². The fourth-order valence-electron chi connectivity index (χ4n) is 5.36. The zero-order chi connectivity index (χ0) is 24.7. The highest BCUT2D eigenvalue weighted by Gasteiger charge is 2.26. The van der Waals surface area contributed by atoms with E-state index in [0.29, 0.717) is 24.3 Å². The number of hydrogen-bond acceptors (Lipinski definition) is 6. The number of anilines is 1. The van der Waals surface area contributed by atoms with E-state index in [1.165, 1.54) is 5.56 Å². The number of nitrogens with one attached hydrogen (secondary N) is 1. The van der Waals surface area contributed by atoms with Gasteiger partial charge in [0.15, 0.2) is 0 Å². The maximum absolute atomic E-state index is 13.1. The smallest absolute Gasteiger partial charge is 0.338 e. The second-order valence-electron chi connectivity index (χ2n) is 9.72. The fraction of sp³-hybridized carbons (Fsp3) is 0.429. The van der Waals surface area contributed by atoms with E-state index in [2.05, 4.69) is 45.9 Å². The van der Waals surface area contributed by atoms with Crippen LogP contribution in [0, 0.1) is 18.3 Å². The summed E-state index contributed by atoms with van der Waals surface area (Å²) in [5, 5.41) is 13.1. The zero-order valence-electron chi connectivity index (χ0n) is 20.9. The van der Waals surface area contributed by atoms with Gasteiger partial charge in [-0.2, -0.15) is 5.26 Å². The molecular formula is C28H32N4O3. The molecule has 1 fully saturated rings. The molecule has 0 saturated carbocycles. The van der Waals surface area contributed by atoms with Crippen molar-refractivity contribution in [2.45, 2.75) is 46.3 Å². The number of fused-ring (bicyclic) bond motifs is 2. The first-order valence-corrected chi connectivity index (χ1v) is 12.4. The lowest BCUT2D eigenvalue weighted by Crippen LogP contribution is -2.39. The lowest BCUT2D eigenvalue weighted by Gasteiger charge is -2.34. The second kappa shape index (κ2) is 9.37. The van der Waals surface area contributed by atoms with Gasteiger partial charge in [0.25, 0.3) is 0 Å². The lowest BCUT2D eigenvalue weighted by atomic mass is 10.00. The molecule has 2 aliphatic heterocycles. The van der Waals surface area contributed by atoms with E-state index in [9.17, 15) is 10.1 Å². The molecule has 0 bridgehead atoms. The van der Waals surface area contributed by atoms with Gasteiger partial charge in [-0.3, -0.25) is 4.90 Å². The van der Waals surface area contributed by atoms with Crippen molar-refractivity contribution in [2.24, 2.45) is 0 Å². The highest BCUT2D eigenvalue weighted by atomic mass is 16.5. The zero-order valence-corrected chi connectivity index (χ0v) is 20.9. The van der Waals surface area contributed by atoms with Gasteiger partial charge in [0.2, 0.25) is 0 Å². The van der Waals surface area contributed by atoms with E-state index >= 15 is 0 Å². The standard InChI is InChI=1S/C28H32N4O3/c1-17(2)35-28(33)25-14-24-13-23(21-11-20-5-6-30-26(20)22(12-21)15-29)16-32(24)27(18(25)3)19(4)31-7-9-34-10-8-31/h11-14,16-17,19,30H,5-10H2,1-4H3. The Balaban J connectivity index is 1.67. The quantitative estimate of drug-likeness (QED) is 0.542. The predicted octanol–water partition coefficient (Wildman–Crippen LogP) is 4.71. The van der Waals surface area contributed by atoms with Crippen molar-refractivity contribution in [2.75, 3.05) is 38.2 Å². The summed E-state index contributed by atoms with van der Waals surface area (Å²) in [5.41, 5.74) is 8.39. The van der Waals surface area contributed by atoms with E-state index in [0.717, 1.165) is 59.6 Å². The monoisotopic (exact) mass is 472 g/mol. The molecule has 4 heterocycles. The molecule has 1 saturated heterocycles. The number of nitriles is 1. The van der Waals surface area contributed by atoms with Crippen LogP contribution in [0.5, 0.6) is 0 Å². The minimum Gasteiger partial charge on any atom is -0.459 e. The molecule has 0 radical (unpaired) electrons. The number of ether oxygens (including phenoxy) is 2. The minimum absolute atomic E-state index is 0.0901. The average Bonchev–Trinajstić information content (AvgIpc) is 3.49. The van der Waals surface area contributed by atoms with Crippen LogP contribution in [0.25, 0.3) is 16.6 Å². The molecule has 7 heteroatoms. The van der Waals surface area contributed by atoms with Crippen LogP contribution >= 0.6 is 0 Å². The summed E-state index contributed by atoms with van der Waals surface area (Å²) < 4.78 is 13.4. The first-order chi connectivity index (χ1) is 16.9. The molecule has 35 heavy (non-hydrogen) atoms. The summed E-state index contributed by atoms with van der Waals surface area (Å²) in [7, 11) is 0. The van der Waals surface area contributed by atoms with Crippen molar-refractivity contribution in [3.8, 4) is 17.2 Å². The van der Waals surface area contributed by atoms with Crippen LogP contribution in [0.3, 0.4) is 0 Å². The molecule has 1 N–H and O–H groups in total. The molecule has 2 aliphatic rings. The van der Waals surface area contributed by atoms with Gasteiger partial charge >= 0.3 is 5.97 Å². The lowest BCUT2D eigenvalue weighted by molar-refractivity contribution is 0.0186. The molecule has 1 unspecified atom stereocenters. The van der Waals surface area contributed by atoms with E-state index in [1.807, 2.05) is 32.9 Å². The Morgan fingerprint density at radius 3 is 2.63 bits per heavy atom. The van der Waals surface area contributed by atoms with Crippen LogP contribution in [0.1, 0.15) is 59.6 Å². The Hall–Kier alpha value is -3.34. The summed E-state index contributed by atoms with van der Waals surface area (Å²) in [5.74, 6) is -0.298. The molecule has 0 amide bonds. The van der Waals surface area contributed by atoms with Crippen LogP contribution in [0.2, 0.25) is 0 Å². The molecule has 0 spiro atoms. The third kappa shape index (κ3) is 4.29. The summed E-state index contributed by atoms with van der Waals surface area (Å²) in [6.45, 7) is 11.9. The summed E-state index contributed by atoms with van der Waals surface area (Å²) in [6.07, 6.45) is 2.86. The number of pyridine rings is 1. The molecule has 3 aromatic rings. The van der Waals surface area contributed by atoms with Crippen LogP contribution in [0.4, 0.5) is 5.69 Å². The highest BCUT2D eigenvalue weighted by Crippen LogP contribution is 2.36. The summed E-state index contributed by atoms with van der Waals surface area (Å²) >= 11 is 0. The molecule has 182 valence electrons. The molecule has 0 aliphatic carbocycles. The summed E-state index contributed by atoms with van der Waals surface area (Å²) in [4.78, 5) is 15.5. The van der Waals surface area contributed by atoms with Crippen molar-refractivity contribution in [1.29, 1.82) is 5.26 Å². The van der Waals surface area contributed by atoms with Gasteiger partial charge in [0.05, 0.1) is 36.1 Å². The molecule has 1 atom stereocenters. The Kier molecular flexibility index (Phi) is 6.26. The van der Waals surface area contributed by atoms with Gasteiger partial charge in [-0.15, -0.1) is 0 Å². The van der Waals surface area contributed by atoms with E-state index in [-0.39, 0.29) is 18.1 Å². The Morgan fingerprint density at radius 2 is 1.91 bits per heavy atom. The first-order valence-electron chi connectivity index (χ1n) is 12.4. The number of rotatable bonds is 5. The molecule has 7 nitrogen and oxygen atoms in total. The molecule has 2 aromatic heterocycles. The maximum atomic E-state index is 13.1. The first kappa shape index (κ1) is 23.4. The minimum atomic E-state index is -0.298. The third-order valence-corrected chi connectivity index (χ3v) is 7.11. The second-order valence-corrected chi connectivity index (χ2v) is 9.72. The number of morpholine rings is 1. The van der Waals surface area contributed by atoms with Crippen LogP contribution in [-0.2, 0) is 15.9 Å². The van der Waals surface area contributed by atoms with Crippen molar-refractivity contribution >= 4 is 17.2 Å². The van der Waals surface area contributed by atoms with Gasteiger partial charge in [0.1, 0.15) is 6.07 Å². The molecular weight excluding hydrogens is 440 g/mol. The normalized spacial score (nSPS) is 16.7. The number of nitrogens with zero attached hydrogens (tertiary/aromatic N) is 3. The largest absolute Gasteiger partial charge is 0.459 e. The number of esters is 1. The Morgan fingerprint density at radius 1 is 1.14 bits per heavy atom. The molecule has 1 aromatic carbocycles. The van der Waals surface area contributed by atoms with Crippen molar-refractivity contribution in [3.05, 3.63) is 58.4 Å². The molecule has 5 rings (SSSR count). The number of carbonyl (C=O) groups excluding carboxylic acids is 1. The maximum Gasteiger partial charge on any atom is 0.338 e. The SMILES string of the molecule is Cc1c(C(=O)OC(C)C)cc2cc(-c3cc(C#N)c4c(c3)CCN4)cn2c1C(C)N1CCOCC1. The van der Waals surface area contributed by atoms with Gasteiger partial charge in [-0.1, -0.05) is 0 Å². The van der Waals surface area contributed by atoms with Gasteiger partial charge in [-0.25, -0.2) is 4.79 Å². The predicted molar refractivity (Wildman–Crippen MR) is 136 cm³/mol. The number of aromatic nitrogens is 1. The van der Waals surface area contributed by atoms with Crippen molar-refractivity contribution < 1.29 is 14.3 Å². The van der Waals surface area contributed by atoms with E-state index in [1.54, 1.807) is 0 Å². The number of benzene rings is 1. The fourth-order valence-corrected chi connectivity index (χ4v) is 5.36. The van der Waals surface area contributed by atoms with Crippen LogP contribution in [0.15, 0.2) is 30.5 Å². The van der Waals surface area contributed by atoms with Crippen molar-refractivity contribution in [3.63, 3.8) is 0 Å². The number of hydrogen-bond donors (Lipinski definition) is 1. The summed E-state index contributed by atoms with van der Waals surface area (Å²) in [6, 6.07) is 10.6. The highest BCUT2D eigenvalue weighted by molar-refractivity contribution is 5.93. The van der Waals surface area contributed by atoms with Gasteiger partial charge in [0, 0.05) is 48.6 Å². The van der Waals surface area contributed by atoms with Crippen molar-refractivity contribution in [1.82, 2.24) is 9.30 Å². The Bertz CT molecular complexity index is 1330. The van der Waals surface area contributed by atoms with Crippen LogP contribution < -0.4 is 5.32 Å².